The Labute approximate surface area is 388 Å². The number of carbonyl (C=O) groups is 4. The fourth-order valence-electron chi connectivity index (χ4n) is 7.44. The van der Waals surface area contributed by atoms with E-state index in [1.165, 1.54) is 0 Å². The zero-order valence-corrected chi connectivity index (χ0v) is 39.8. The molecule has 0 spiro atoms. The van der Waals surface area contributed by atoms with E-state index in [1.807, 2.05) is 0 Å². The second kappa shape index (κ2) is 24.9. The summed E-state index contributed by atoms with van der Waals surface area (Å²) < 4.78 is 54.1. The van der Waals surface area contributed by atoms with Gasteiger partial charge in [0.05, 0.1) is 24.6 Å². The molecule has 0 unspecified atom stereocenters. The maximum atomic E-state index is 14.3. The number of rotatable bonds is 25. The highest BCUT2D eigenvalue weighted by Crippen LogP contribution is 2.18. The lowest BCUT2D eigenvalue weighted by molar-refractivity contribution is -0.133. The molecule has 0 heterocycles. The molecule has 0 saturated heterocycles. The van der Waals surface area contributed by atoms with Gasteiger partial charge in [0.15, 0.2) is 0 Å². The Kier molecular flexibility index (Phi) is 20.0. The van der Waals surface area contributed by atoms with Crippen molar-refractivity contribution in [1.29, 1.82) is 0 Å². The number of nitrogens with one attached hydrogen (secondary N) is 6. The van der Waals surface area contributed by atoms with Crippen LogP contribution >= 0.6 is 0 Å². The van der Waals surface area contributed by atoms with Crippen molar-refractivity contribution in [2.24, 2.45) is 11.8 Å². The van der Waals surface area contributed by atoms with Crippen molar-refractivity contribution in [3.8, 4) is 0 Å². The van der Waals surface area contributed by atoms with Crippen LogP contribution in [0.2, 0.25) is 0 Å². The monoisotopic (exact) mass is 948 g/mol. The van der Waals surface area contributed by atoms with Gasteiger partial charge in [-0.1, -0.05) is 149 Å². The molecule has 0 radical (unpaired) electrons. The van der Waals surface area contributed by atoms with Crippen molar-refractivity contribution in [1.82, 2.24) is 30.7 Å². The summed E-state index contributed by atoms with van der Waals surface area (Å²) in [4.78, 5) is 56.1. The molecule has 66 heavy (non-hydrogen) atoms. The Morgan fingerprint density at radius 2 is 0.682 bits per heavy atom. The summed E-state index contributed by atoms with van der Waals surface area (Å²) in [7, 11) is -7.73. The summed E-state index contributed by atoms with van der Waals surface area (Å²) >= 11 is 0. The van der Waals surface area contributed by atoms with Gasteiger partial charge in [0.1, 0.15) is 36.4 Å². The van der Waals surface area contributed by atoms with E-state index in [0.717, 1.165) is 12.5 Å². The smallest absolute Gasteiger partial charge is 0.243 e. The predicted octanol–water partition coefficient (Wildman–Crippen LogP) is 1.77. The second-order valence-corrected chi connectivity index (χ2v) is 20.9. The summed E-state index contributed by atoms with van der Waals surface area (Å²) in [6.45, 7) is 6.76. The van der Waals surface area contributed by atoms with Crippen molar-refractivity contribution in [3.63, 3.8) is 0 Å². The molecule has 4 rings (SSSR count). The van der Waals surface area contributed by atoms with Gasteiger partial charge in [-0.15, -0.1) is 0 Å². The summed E-state index contributed by atoms with van der Waals surface area (Å²) in [5, 5.41) is 35.3. The van der Waals surface area contributed by atoms with Gasteiger partial charge in [0.25, 0.3) is 0 Å². The van der Waals surface area contributed by atoms with Crippen LogP contribution in [0.4, 0.5) is 0 Å². The van der Waals surface area contributed by atoms with Gasteiger partial charge in [-0.05, 0) is 59.8 Å². The predicted molar refractivity (Wildman–Crippen MR) is 254 cm³/mol. The van der Waals surface area contributed by atoms with E-state index in [4.69, 9.17) is 0 Å². The van der Waals surface area contributed by atoms with Crippen molar-refractivity contribution in [2.75, 3.05) is 12.5 Å². The maximum Gasteiger partial charge on any atom is 0.243 e. The van der Waals surface area contributed by atoms with Crippen LogP contribution in [-0.2, 0) is 64.9 Å². The first-order valence-electron chi connectivity index (χ1n) is 21.8. The Morgan fingerprint density at radius 1 is 0.424 bits per heavy atom. The largest absolute Gasteiger partial charge is 0.388 e. The van der Waals surface area contributed by atoms with Crippen LogP contribution in [-0.4, -0.2) is 112 Å². The number of hydrogen-bond donors (Lipinski definition) is 8. The molecule has 0 aromatic heterocycles. The third-order valence-electron chi connectivity index (χ3n) is 10.8. The average Bonchev–Trinajstić information content (AvgIpc) is 3.26. The van der Waals surface area contributed by atoms with E-state index in [9.17, 15) is 46.2 Å². The standard InChI is InChI=1S/C48H64N6O10S2/c1-31(2)41(51-45(57)39(53-65(5,61)62)29-35-23-15-9-16-24-35)47(59)49-37(27-33-19-11-7-12-20-33)43(55)44(56)38(28-34-21-13-8-14-22-34)50-48(60)42(32(3)4)52-46(58)40(54-66(6,63)64)30-36-25-17-10-18-26-36/h7-26,31-32,37-44,53-56H,27-30H2,1-6H3,(H,49,59)(H,50,60)(H,51,57)(H,52,58)/t37-,38-,39-,40-,41-,42-,43+,44+/m0/s1. The molecule has 4 amide bonds. The number of aliphatic hydroxyl groups excluding tert-OH is 2. The Morgan fingerprint density at radius 3 is 0.924 bits per heavy atom. The Balaban J connectivity index is 1.63. The molecule has 4 aromatic carbocycles. The zero-order valence-electron chi connectivity index (χ0n) is 38.1. The number of carbonyl (C=O) groups excluding carboxylic acids is 4. The minimum absolute atomic E-state index is 0.00263. The molecule has 4 aromatic rings. The lowest BCUT2D eigenvalue weighted by Gasteiger charge is -2.35. The van der Waals surface area contributed by atoms with E-state index >= 15 is 0 Å². The molecule has 8 N–H and O–H groups in total. The van der Waals surface area contributed by atoms with Gasteiger partial charge >= 0.3 is 0 Å². The van der Waals surface area contributed by atoms with E-state index in [0.29, 0.717) is 22.3 Å². The summed E-state index contributed by atoms with van der Waals surface area (Å²) in [5.74, 6) is -4.01. The van der Waals surface area contributed by atoms with Crippen molar-refractivity contribution in [2.45, 2.75) is 102 Å². The zero-order chi connectivity index (χ0) is 48.6. The molecule has 0 saturated carbocycles. The number of benzene rings is 4. The quantitative estimate of drug-likeness (QED) is 0.0479. The summed E-state index contributed by atoms with van der Waals surface area (Å²) in [5.41, 5.74) is 2.71. The van der Waals surface area contributed by atoms with Crippen LogP contribution in [0.3, 0.4) is 0 Å². The van der Waals surface area contributed by atoms with Gasteiger partial charge in [-0.25, -0.2) is 26.3 Å². The molecule has 18 heteroatoms. The van der Waals surface area contributed by atoms with Crippen molar-refractivity contribution < 1.29 is 46.2 Å². The lowest BCUT2D eigenvalue weighted by atomic mass is 9.90. The highest BCUT2D eigenvalue weighted by atomic mass is 32.2. The van der Waals surface area contributed by atoms with Crippen molar-refractivity contribution in [3.05, 3.63) is 144 Å². The molecule has 16 nitrogen and oxygen atoms in total. The first-order chi connectivity index (χ1) is 31.1. The number of sulfonamides is 2. The van der Waals surface area contributed by atoms with Crippen LogP contribution in [0, 0.1) is 11.8 Å². The second-order valence-electron chi connectivity index (χ2n) is 17.3. The Hall–Kier alpha value is -5.50. The van der Waals surface area contributed by atoms with E-state index < -0.39 is 104 Å². The normalized spacial score (nSPS) is 15.6. The average molecular weight is 949 g/mol. The van der Waals surface area contributed by atoms with Gasteiger partial charge in [-0.2, -0.15) is 0 Å². The molecule has 0 bridgehead atoms. The molecule has 8 atom stereocenters. The van der Waals surface area contributed by atoms with E-state index in [-0.39, 0.29) is 25.7 Å². The first kappa shape index (κ1) is 53.1. The number of amides is 4. The van der Waals surface area contributed by atoms with Crippen molar-refractivity contribution >= 4 is 43.7 Å². The van der Waals surface area contributed by atoms with Crippen LogP contribution in [0.1, 0.15) is 49.9 Å². The fraction of sp³-hybridized carbons (Fsp3) is 0.417. The molecule has 0 aliphatic carbocycles. The van der Waals surface area contributed by atoms with Crippen LogP contribution in [0.25, 0.3) is 0 Å². The fourth-order valence-corrected chi connectivity index (χ4v) is 8.86. The first-order valence-corrected chi connectivity index (χ1v) is 25.6. The Bertz CT molecular complexity index is 2230. The van der Waals surface area contributed by atoms with Crippen LogP contribution in [0.5, 0.6) is 0 Å². The molecular formula is C48H64N6O10S2. The van der Waals surface area contributed by atoms with Gasteiger partial charge in [0.2, 0.25) is 43.7 Å². The molecule has 0 aliphatic rings. The summed E-state index contributed by atoms with van der Waals surface area (Å²) in [6, 6.07) is 27.9. The highest BCUT2D eigenvalue weighted by Gasteiger charge is 2.39. The van der Waals surface area contributed by atoms with Gasteiger partial charge in [-0.3, -0.25) is 19.2 Å². The van der Waals surface area contributed by atoms with E-state index in [2.05, 4.69) is 30.7 Å². The SMILES string of the molecule is CC(C)[C@H](NC(=O)[C@H](Cc1ccccc1)NS(C)(=O)=O)C(=O)N[C@@H](Cc1ccccc1)[C@@H](O)[C@H](O)[C@H](Cc1ccccc1)NC(=O)[C@@H](NC(=O)[C@H](Cc1ccccc1)NS(C)(=O)=O)C(C)C. The number of aliphatic hydroxyl groups is 2. The minimum atomic E-state index is -3.87. The summed E-state index contributed by atoms with van der Waals surface area (Å²) in [6.07, 6.45) is -1.63. The highest BCUT2D eigenvalue weighted by molar-refractivity contribution is 7.89. The lowest BCUT2D eigenvalue weighted by Crippen LogP contribution is -2.62. The van der Waals surface area contributed by atoms with Crippen LogP contribution in [0.15, 0.2) is 121 Å². The molecule has 358 valence electrons. The topological polar surface area (TPSA) is 249 Å². The molecule has 0 fully saturated rings. The third kappa shape index (κ3) is 17.7. The van der Waals surface area contributed by atoms with E-state index in [1.54, 1.807) is 149 Å². The molecular weight excluding hydrogens is 885 g/mol. The maximum absolute atomic E-state index is 14.3. The van der Waals surface area contributed by atoms with Gasteiger partial charge < -0.3 is 31.5 Å². The van der Waals surface area contributed by atoms with Gasteiger partial charge in [0, 0.05) is 0 Å². The minimum Gasteiger partial charge on any atom is -0.388 e. The molecule has 0 aliphatic heterocycles. The number of hydrogen-bond acceptors (Lipinski definition) is 10. The third-order valence-corrected chi connectivity index (χ3v) is 12.3. The van der Waals surface area contributed by atoms with Crippen LogP contribution < -0.4 is 30.7 Å².